The second kappa shape index (κ2) is 5.46. The molecule has 16 heavy (non-hydrogen) atoms. The first-order valence-electron chi connectivity index (χ1n) is 5.87. The number of hydrogen-bond donors (Lipinski definition) is 1. The SMILES string of the molecule is CC(OCCN)c1ccc(C(C)(C)C)cc1. The molecule has 0 saturated carbocycles. The third kappa shape index (κ3) is 3.62. The molecule has 0 spiro atoms. The van der Waals surface area contributed by atoms with E-state index in [1.165, 1.54) is 11.1 Å². The molecule has 0 fully saturated rings. The number of benzene rings is 1. The standard InChI is InChI=1S/C14H23NO/c1-11(16-10-9-15)12-5-7-13(8-6-12)14(2,3)4/h5-8,11H,9-10,15H2,1-4H3. The molecule has 1 rings (SSSR count). The Hall–Kier alpha value is -0.860. The monoisotopic (exact) mass is 221 g/mol. The Morgan fingerprint density at radius 2 is 1.75 bits per heavy atom. The highest BCUT2D eigenvalue weighted by Crippen LogP contribution is 2.24. The molecule has 0 aliphatic rings. The first-order chi connectivity index (χ1) is 7.45. The molecule has 0 aliphatic carbocycles. The van der Waals surface area contributed by atoms with Gasteiger partial charge in [0, 0.05) is 6.54 Å². The molecular formula is C14H23NO. The van der Waals surface area contributed by atoms with Gasteiger partial charge in [-0.1, -0.05) is 45.0 Å². The van der Waals surface area contributed by atoms with Crippen LogP contribution in [-0.4, -0.2) is 13.2 Å². The normalized spacial score (nSPS) is 13.8. The zero-order valence-electron chi connectivity index (χ0n) is 10.8. The number of ether oxygens (including phenoxy) is 1. The summed E-state index contributed by atoms with van der Waals surface area (Å²) in [6.45, 7) is 9.90. The van der Waals surface area contributed by atoms with Gasteiger partial charge in [-0.25, -0.2) is 0 Å². The van der Waals surface area contributed by atoms with Crippen LogP contribution in [0.2, 0.25) is 0 Å². The van der Waals surface area contributed by atoms with Gasteiger partial charge in [0.05, 0.1) is 12.7 Å². The minimum atomic E-state index is 0.123. The summed E-state index contributed by atoms with van der Waals surface area (Å²) in [4.78, 5) is 0. The van der Waals surface area contributed by atoms with E-state index in [0.717, 1.165) is 0 Å². The highest BCUT2D eigenvalue weighted by molar-refractivity contribution is 5.28. The average molecular weight is 221 g/mol. The number of nitrogens with two attached hydrogens (primary N) is 1. The van der Waals surface area contributed by atoms with Gasteiger partial charge in [0.1, 0.15) is 0 Å². The predicted octanol–water partition coefficient (Wildman–Crippen LogP) is 3.02. The first kappa shape index (κ1) is 13.2. The van der Waals surface area contributed by atoms with Crippen molar-refractivity contribution < 1.29 is 4.74 Å². The van der Waals surface area contributed by atoms with E-state index in [1.54, 1.807) is 0 Å². The van der Waals surface area contributed by atoms with Gasteiger partial charge in [0.25, 0.3) is 0 Å². The largest absolute Gasteiger partial charge is 0.373 e. The summed E-state index contributed by atoms with van der Waals surface area (Å²) in [6.07, 6.45) is 0.123. The summed E-state index contributed by atoms with van der Waals surface area (Å²) in [5.41, 5.74) is 8.18. The maximum Gasteiger partial charge on any atom is 0.0797 e. The summed E-state index contributed by atoms with van der Waals surface area (Å²) in [5, 5.41) is 0. The third-order valence-corrected chi connectivity index (χ3v) is 2.73. The van der Waals surface area contributed by atoms with Crippen molar-refractivity contribution in [2.24, 2.45) is 5.73 Å². The zero-order valence-corrected chi connectivity index (χ0v) is 10.8. The van der Waals surface area contributed by atoms with Crippen molar-refractivity contribution in [3.8, 4) is 0 Å². The van der Waals surface area contributed by atoms with E-state index in [0.29, 0.717) is 13.2 Å². The second-order valence-electron chi connectivity index (χ2n) is 5.17. The van der Waals surface area contributed by atoms with Crippen LogP contribution in [-0.2, 0) is 10.2 Å². The van der Waals surface area contributed by atoms with E-state index in [4.69, 9.17) is 10.5 Å². The summed E-state index contributed by atoms with van der Waals surface area (Å²) < 4.78 is 5.58. The molecule has 2 nitrogen and oxygen atoms in total. The molecule has 90 valence electrons. The smallest absolute Gasteiger partial charge is 0.0797 e. The Balaban J connectivity index is 2.71. The van der Waals surface area contributed by atoms with E-state index in [2.05, 4.69) is 52.0 Å². The summed E-state index contributed by atoms with van der Waals surface area (Å²) in [5.74, 6) is 0. The predicted molar refractivity (Wildman–Crippen MR) is 68.6 cm³/mol. The van der Waals surface area contributed by atoms with Crippen LogP contribution in [0.15, 0.2) is 24.3 Å². The van der Waals surface area contributed by atoms with Gasteiger partial charge in [-0.05, 0) is 23.5 Å². The van der Waals surface area contributed by atoms with E-state index < -0.39 is 0 Å². The van der Waals surface area contributed by atoms with Gasteiger partial charge in [-0.15, -0.1) is 0 Å². The van der Waals surface area contributed by atoms with E-state index >= 15 is 0 Å². The highest BCUT2D eigenvalue weighted by Gasteiger charge is 2.13. The Morgan fingerprint density at radius 1 is 1.19 bits per heavy atom. The Kier molecular flexibility index (Phi) is 4.51. The topological polar surface area (TPSA) is 35.2 Å². The molecule has 1 aromatic rings. The molecule has 2 N–H and O–H groups in total. The van der Waals surface area contributed by atoms with Crippen LogP contribution in [0.1, 0.15) is 44.9 Å². The lowest BCUT2D eigenvalue weighted by atomic mass is 9.86. The Bertz CT molecular complexity index is 311. The maximum absolute atomic E-state index is 5.58. The molecular weight excluding hydrogens is 198 g/mol. The molecule has 0 heterocycles. The van der Waals surface area contributed by atoms with Crippen molar-refractivity contribution in [2.45, 2.75) is 39.2 Å². The minimum absolute atomic E-state index is 0.123. The molecule has 0 radical (unpaired) electrons. The molecule has 0 bridgehead atoms. The van der Waals surface area contributed by atoms with Gasteiger partial charge in [0.15, 0.2) is 0 Å². The highest BCUT2D eigenvalue weighted by atomic mass is 16.5. The van der Waals surface area contributed by atoms with Crippen LogP contribution < -0.4 is 5.73 Å². The summed E-state index contributed by atoms with van der Waals surface area (Å²) >= 11 is 0. The van der Waals surface area contributed by atoms with Gasteiger partial charge < -0.3 is 10.5 Å². The molecule has 1 unspecified atom stereocenters. The average Bonchev–Trinajstić information content (AvgIpc) is 2.25. The van der Waals surface area contributed by atoms with Crippen LogP contribution in [0.5, 0.6) is 0 Å². The summed E-state index contributed by atoms with van der Waals surface area (Å²) in [7, 11) is 0. The van der Waals surface area contributed by atoms with Gasteiger partial charge >= 0.3 is 0 Å². The van der Waals surface area contributed by atoms with E-state index in [-0.39, 0.29) is 11.5 Å². The Morgan fingerprint density at radius 3 is 2.19 bits per heavy atom. The minimum Gasteiger partial charge on any atom is -0.373 e. The molecule has 0 saturated heterocycles. The molecule has 0 aromatic heterocycles. The fraction of sp³-hybridized carbons (Fsp3) is 0.571. The first-order valence-corrected chi connectivity index (χ1v) is 5.87. The fourth-order valence-corrected chi connectivity index (χ4v) is 1.60. The lowest BCUT2D eigenvalue weighted by Crippen LogP contribution is -2.12. The third-order valence-electron chi connectivity index (χ3n) is 2.73. The Labute approximate surface area is 98.8 Å². The van der Waals surface area contributed by atoms with Gasteiger partial charge in [0.2, 0.25) is 0 Å². The lowest BCUT2D eigenvalue weighted by Gasteiger charge is -2.20. The zero-order chi connectivity index (χ0) is 12.2. The van der Waals surface area contributed by atoms with Gasteiger partial charge in [-0.2, -0.15) is 0 Å². The van der Waals surface area contributed by atoms with Crippen LogP contribution >= 0.6 is 0 Å². The van der Waals surface area contributed by atoms with Crippen molar-refractivity contribution in [3.63, 3.8) is 0 Å². The van der Waals surface area contributed by atoms with Gasteiger partial charge in [-0.3, -0.25) is 0 Å². The molecule has 0 amide bonds. The van der Waals surface area contributed by atoms with Crippen molar-refractivity contribution in [1.82, 2.24) is 0 Å². The van der Waals surface area contributed by atoms with Crippen LogP contribution in [0.25, 0.3) is 0 Å². The quantitative estimate of drug-likeness (QED) is 0.848. The van der Waals surface area contributed by atoms with Crippen molar-refractivity contribution in [3.05, 3.63) is 35.4 Å². The van der Waals surface area contributed by atoms with Crippen molar-refractivity contribution in [2.75, 3.05) is 13.2 Å². The molecule has 2 heteroatoms. The fourth-order valence-electron chi connectivity index (χ4n) is 1.60. The molecule has 0 aliphatic heterocycles. The van der Waals surface area contributed by atoms with Crippen molar-refractivity contribution >= 4 is 0 Å². The van der Waals surface area contributed by atoms with E-state index in [1.807, 2.05) is 0 Å². The van der Waals surface area contributed by atoms with E-state index in [9.17, 15) is 0 Å². The second-order valence-corrected chi connectivity index (χ2v) is 5.17. The van der Waals surface area contributed by atoms with Crippen LogP contribution in [0, 0.1) is 0 Å². The van der Waals surface area contributed by atoms with Crippen LogP contribution in [0.3, 0.4) is 0 Å². The maximum atomic E-state index is 5.58. The van der Waals surface area contributed by atoms with Crippen LogP contribution in [0.4, 0.5) is 0 Å². The lowest BCUT2D eigenvalue weighted by molar-refractivity contribution is 0.0718. The van der Waals surface area contributed by atoms with Crippen molar-refractivity contribution in [1.29, 1.82) is 0 Å². The number of hydrogen-bond acceptors (Lipinski definition) is 2. The number of rotatable bonds is 4. The molecule has 1 atom stereocenters. The molecule has 1 aromatic carbocycles. The summed E-state index contributed by atoms with van der Waals surface area (Å²) in [6, 6.07) is 8.64.